The summed E-state index contributed by atoms with van der Waals surface area (Å²) in [7, 11) is -3.08. The Morgan fingerprint density at radius 2 is 1.83 bits per heavy atom. The van der Waals surface area contributed by atoms with Crippen molar-refractivity contribution in [2.75, 3.05) is 5.75 Å². The predicted molar refractivity (Wildman–Crippen MR) is 77.4 cm³/mol. The summed E-state index contributed by atoms with van der Waals surface area (Å²) >= 11 is 0. The van der Waals surface area contributed by atoms with Crippen molar-refractivity contribution in [2.45, 2.75) is 39.5 Å². The Kier molecular flexibility index (Phi) is 5.15. The molecule has 0 aliphatic carbocycles. The van der Waals surface area contributed by atoms with E-state index in [4.69, 9.17) is 0 Å². The molecule has 1 aromatic rings. The van der Waals surface area contributed by atoms with Crippen molar-refractivity contribution < 1.29 is 8.42 Å². The lowest BCUT2D eigenvalue weighted by Crippen LogP contribution is -2.07. The highest BCUT2D eigenvalue weighted by molar-refractivity contribution is 7.95. The van der Waals surface area contributed by atoms with Crippen molar-refractivity contribution in [3.63, 3.8) is 0 Å². The fraction of sp³-hybridized carbons (Fsp3) is 0.467. The number of allylic oxidation sites excluding steroid dienone is 1. The van der Waals surface area contributed by atoms with Crippen LogP contribution in [0.4, 0.5) is 0 Å². The SMILES string of the molecule is C=C(C)S(=O)(=O)CCCC(C)c1ccc(C)cc1. The highest BCUT2D eigenvalue weighted by atomic mass is 32.2. The smallest absolute Gasteiger partial charge is 0.173 e. The molecule has 2 nitrogen and oxygen atoms in total. The van der Waals surface area contributed by atoms with Gasteiger partial charge in [0.15, 0.2) is 9.84 Å². The van der Waals surface area contributed by atoms with E-state index in [9.17, 15) is 8.42 Å². The molecular formula is C15H22O2S. The van der Waals surface area contributed by atoms with Crippen LogP contribution in [0.2, 0.25) is 0 Å². The maximum Gasteiger partial charge on any atom is 0.173 e. The predicted octanol–water partition coefficient (Wildman–Crippen LogP) is 3.83. The zero-order valence-electron chi connectivity index (χ0n) is 11.4. The van der Waals surface area contributed by atoms with Crippen LogP contribution in [0, 0.1) is 6.92 Å². The van der Waals surface area contributed by atoms with E-state index in [1.54, 1.807) is 6.92 Å². The third-order valence-corrected chi connectivity index (χ3v) is 5.12. The van der Waals surface area contributed by atoms with Gasteiger partial charge in [-0.3, -0.25) is 0 Å². The molecule has 0 saturated carbocycles. The summed E-state index contributed by atoms with van der Waals surface area (Å²) in [5.41, 5.74) is 2.52. The maximum absolute atomic E-state index is 11.6. The Morgan fingerprint density at radius 1 is 1.28 bits per heavy atom. The van der Waals surface area contributed by atoms with Gasteiger partial charge in [-0.2, -0.15) is 0 Å². The number of hydrogen-bond donors (Lipinski definition) is 0. The van der Waals surface area contributed by atoms with Crippen molar-refractivity contribution >= 4 is 9.84 Å². The quantitative estimate of drug-likeness (QED) is 0.784. The number of rotatable bonds is 6. The first-order valence-electron chi connectivity index (χ1n) is 6.28. The van der Waals surface area contributed by atoms with Gasteiger partial charge in [0, 0.05) is 4.91 Å². The third kappa shape index (κ3) is 4.30. The summed E-state index contributed by atoms with van der Waals surface area (Å²) in [5.74, 6) is 0.601. The lowest BCUT2D eigenvalue weighted by atomic mass is 9.96. The van der Waals surface area contributed by atoms with Gasteiger partial charge in [-0.25, -0.2) is 8.42 Å². The van der Waals surface area contributed by atoms with Gasteiger partial charge < -0.3 is 0 Å². The van der Waals surface area contributed by atoms with E-state index >= 15 is 0 Å². The molecule has 18 heavy (non-hydrogen) atoms. The summed E-state index contributed by atoms with van der Waals surface area (Å²) < 4.78 is 23.2. The molecule has 0 aromatic heterocycles. The van der Waals surface area contributed by atoms with E-state index in [-0.39, 0.29) is 10.7 Å². The fourth-order valence-corrected chi connectivity index (χ4v) is 2.71. The van der Waals surface area contributed by atoms with E-state index < -0.39 is 9.84 Å². The molecule has 1 unspecified atom stereocenters. The summed E-state index contributed by atoms with van der Waals surface area (Å²) in [6.45, 7) is 9.26. The van der Waals surface area contributed by atoms with Gasteiger partial charge in [-0.05, 0) is 38.2 Å². The number of aryl methyl sites for hydroxylation is 1. The normalized spacial score (nSPS) is 13.3. The van der Waals surface area contributed by atoms with Crippen LogP contribution in [0.1, 0.15) is 43.7 Å². The van der Waals surface area contributed by atoms with Crippen LogP contribution >= 0.6 is 0 Å². The Bertz CT molecular complexity index is 498. The molecule has 0 radical (unpaired) electrons. The Labute approximate surface area is 111 Å². The minimum absolute atomic E-state index is 0.207. The highest BCUT2D eigenvalue weighted by Gasteiger charge is 2.12. The summed E-state index contributed by atoms with van der Waals surface area (Å²) in [4.78, 5) is 0.269. The van der Waals surface area contributed by atoms with Crippen LogP contribution in [0.5, 0.6) is 0 Å². The van der Waals surface area contributed by atoms with Gasteiger partial charge >= 0.3 is 0 Å². The molecule has 0 N–H and O–H groups in total. The lowest BCUT2D eigenvalue weighted by molar-refractivity contribution is 0.591. The number of benzene rings is 1. The van der Waals surface area contributed by atoms with E-state index in [1.807, 2.05) is 0 Å². The second-order valence-electron chi connectivity index (χ2n) is 4.97. The zero-order chi connectivity index (χ0) is 13.8. The second-order valence-corrected chi connectivity index (χ2v) is 7.31. The molecular weight excluding hydrogens is 244 g/mol. The minimum atomic E-state index is -3.08. The van der Waals surface area contributed by atoms with Crippen molar-refractivity contribution in [2.24, 2.45) is 0 Å². The van der Waals surface area contributed by atoms with Crippen molar-refractivity contribution in [3.8, 4) is 0 Å². The molecule has 0 amide bonds. The van der Waals surface area contributed by atoms with Gasteiger partial charge in [0.25, 0.3) is 0 Å². The molecule has 0 fully saturated rings. The maximum atomic E-state index is 11.6. The third-order valence-electron chi connectivity index (χ3n) is 3.23. The van der Waals surface area contributed by atoms with Crippen LogP contribution in [0.15, 0.2) is 35.7 Å². The Morgan fingerprint density at radius 3 is 2.33 bits per heavy atom. The molecule has 0 spiro atoms. The van der Waals surface area contributed by atoms with Gasteiger partial charge in [0.1, 0.15) is 0 Å². The van der Waals surface area contributed by atoms with Crippen LogP contribution in [-0.2, 0) is 9.84 Å². The standard InChI is InChI=1S/C15H22O2S/c1-12(2)18(16,17)11-5-6-14(4)15-9-7-13(3)8-10-15/h7-10,14H,1,5-6,11H2,2-4H3. The lowest BCUT2D eigenvalue weighted by Gasteiger charge is -2.12. The van der Waals surface area contributed by atoms with Crippen molar-refractivity contribution in [3.05, 3.63) is 46.9 Å². The largest absolute Gasteiger partial charge is 0.224 e. The monoisotopic (exact) mass is 266 g/mol. The van der Waals surface area contributed by atoms with Gasteiger partial charge in [-0.1, -0.05) is 43.3 Å². The van der Waals surface area contributed by atoms with Crippen LogP contribution in [0.25, 0.3) is 0 Å². The first-order chi connectivity index (χ1) is 8.33. The molecule has 1 aromatic carbocycles. The highest BCUT2D eigenvalue weighted by Crippen LogP contribution is 2.21. The summed E-state index contributed by atoms with van der Waals surface area (Å²) in [6.07, 6.45) is 1.57. The molecule has 100 valence electrons. The molecule has 1 rings (SSSR count). The molecule has 1 atom stereocenters. The van der Waals surface area contributed by atoms with Crippen molar-refractivity contribution in [1.82, 2.24) is 0 Å². The minimum Gasteiger partial charge on any atom is -0.224 e. The molecule has 0 aliphatic rings. The van der Waals surface area contributed by atoms with E-state index in [0.717, 1.165) is 6.42 Å². The second kappa shape index (κ2) is 6.19. The number of sulfone groups is 1. The summed E-state index contributed by atoms with van der Waals surface area (Å²) in [6, 6.07) is 8.42. The average Bonchev–Trinajstić information content (AvgIpc) is 2.29. The van der Waals surface area contributed by atoms with E-state index in [2.05, 4.69) is 44.7 Å². The zero-order valence-corrected chi connectivity index (χ0v) is 12.3. The van der Waals surface area contributed by atoms with Gasteiger partial charge in [-0.15, -0.1) is 0 Å². The fourth-order valence-electron chi connectivity index (χ4n) is 1.82. The van der Waals surface area contributed by atoms with E-state index in [1.165, 1.54) is 11.1 Å². The molecule has 0 saturated heterocycles. The molecule has 0 bridgehead atoms. The molecule has 3 heteroatoms. The van der Waals surface area contributed by atoms with E-state index in [0.29, 0.717) is 12.3 Å². The van der Waals surface area contributed by atoms with Crippen LogP contribution in [-0.4, -0.2) is 14.2 Å². The Balaban J connectivity index is 2.50. The summed E-state index contributed by atoms with van der Waals surface area (Å²) in [5, 5.41) is 0. The average molecular weight is 266 g/mol. The topological polar surface area (TPSA) is 34.1 Å². The van der Waals surface area contributed by atoms with Gasteiger partial charge in [0.05, 0.1) is 5.75 Å². The molecule has 0 heterocycles. The number of hydrogen-bond acceptors (Lipinski definition) is 2. The molecule has 0 aliphatic heterocycles. The Hall–Kier alpha value is -1.09. The van der Waals surface area contributed by atoms with Crippen molar-refractivity contribution in [1.29, 1.82) is 0 Å². The van der Waals surface area contributed by atoms with Gasteiger partial charge in [0.2, 0.25) is 0 Å². The van der Waals surface area contributed by atoms with Crippen LogP contribution < -0.4 is 0 Å². The van der Waals surface area contributed by atoms with Crippen LogP contribution in [0.3, 0.4) is 0 Å². The first kappa shape index (κ1) is 15.0. The first-order valence-corrected chi connectivity index (χ1v) is 7.93.